The molecule has 0 fully saturated rings. The summed E-state index contributed by atoms with van der Waals surface area (Å²) in [6, 6.07) is 44.5. The minimum absolute atomic E-state index is 0.410. The topological polar surface area (TPSA) is 29.0 Å². The number of benzene rings is 7. The predicted octanol–water partition coefficient (Wildman–Crippen LogP) is 12.0. The van der Waals surface area contributed by atoms with Gasteiger partial charge in [0, 0.05) is 32.0 Å². The molecule has 0 N–H and O–H groups in total. The summed E-state index contributed by atoms with van der Waals surface area (Å²) in [5.74, 6) is 0.595. The van der Waals surface area contributed by atoms with Gasteiger partial charge >= 0.3 is 0 Å². The van der Waals surface area contributed by atoms with Gasteiger partial charge in [0.2, 0.25) is 5.95 Å². The molecule has 0 atom stereocenters. The van der Waals surface area contributed by atoms with Crippen molar-refractivity contribution < 1.29 is 2.74 Å². The molecule has 0 aliphatic carbocycles. The summed E-state index contributed by atoms with van der Waals surface area (Å²) in [6.45, 7) is 4.39. The lowest BCUT2D eigenvalue weighted by atomic mass is 9.76. The fourth-order valence-corrected chi connectivity index (χ4v) is 8.97. The second-order valence-electron chi connectivity index (χ2n) is 12.8. The monoisotopic (exact) mass is 621 g/mol. The van der Waals surface area contributed by atoms with Crippen LogP contribution in [0.2, 0.25) is 0 Å². The second kappa shape index (κ2) is 9.71. The number of para-hydroxylation sites is 1. The van der Waals surface area contributed by atoms with Crippen LogP contribution in [0.4, 0.5) is 11.6 Å². The van der Waals surface area contributed by atoms with Crippen LogP contribution in [0.1, 0.15) is 22.2 Å². The highest BCUT2D eigenvalue weighted by Crippen LogP contribution is 2.59. The Morgan fingerprint density at radius 3 is 2.15 bits per heavy atom. The molecule has 1 aliphatic heterocycles. The molecule has 0 radical (unpaired) electrons. The summed E-state index contributed by atoms with van der Waals surface area (Å²) >= 11 is 1.80. The van der Waals surface area contributed by atoms with Gasteiger partial charge in [0.1, 0.15) is 0 Å². The lowest BCUT2D eigenvalue weighted by Crippen LogP contribution is -2.42. The van der Waals surface area contributed by atoms with E-state index in [1.54, 1.807) is 11.3 Å². The molecule has 222 valence electrons. The summed E-state index contributed by atoms with van der Waals surface area (Å²) in [6.07, 6.45) is 0. The quantitative estimate of drug-likeness (QED) is 0.192. The summed E-state index contributed by atoms with van der Waals surface area (Å²) in [7, 11) is 0. The van der Waals surface area contributed by atoms with E-state index < -0.39 is 5.54 Å². The first-order valence-electron chi connectivity index (χ1n) is 16.9. The normalized spacial score (nSPS) is 14.5. The van der Waals surface area contributed by atoms with Crippen LogP contribution in [0.15, 0.2) is 139 Å². The van der Waals surface area contributed by atoms with Gasteiger partial charge in [-0.25, -0.2) is 9.97 Å². The molecule has 7 aromatic carbocycles. The van der Waals surface area contributed by atoms with Crippen LogP contribution in [0.5, 0.6) is 0 Å². The summed E-state index contributed by atoms with van der Waals surface area (Å²) in [5, 5.41) is 7.50. The highest BCUT2D eigenvalue weighted by molar-refractivity contribution is 7.26. The maximum absolute atomic E-state index is 9.60. The number of aromatic nitrogens is 2. The van der Waals surface area contributed by atoms with E-state index in [1.807, 2.05) is 48.5 Å². The Hall–Kier alpha value is -5.58. The first-order valence-corrected chi connectivity index (χ1v) is 16.8. The van der Waals surface area contributed by atoms with Crippen LogP contribution in [0, 0.1) is 0 Å². The zero-order chi connectivity index (χ0) is 33.0. The molecule has 47 heavy (non-hydrogen) atoms. The summed E-state index contributed by atoms with van der Waals surface area (Å²) in [5.41, 5.74) is 6.06. The standard InChI is InChI=1S/C43H29N3S/c1-43(2)33-25-24-26-14-6-7-17-28(26)37(33)38-30-19-9-8-18-29(30)36-32-21-11-13-23-35(32)47-41(36)40(38)46(43)42-44-34-22-12-10-20-31(34)39(45-42)27-15-4-3-5-16-27/h3-25H,1-2H3/i14D,25D. The van der Waals surface area contributed by atoms with E-state index in [0.717, 1.165) is 65.4 Å². The summed E-state index contributed by atoms with van der Waals surface area (Å²) < 4.78 is 20.9. The number of nitrogens with zero attached hydrogens (tertiary/aromatic N) is 3. The van der Waals surface area contributed by atoms with Crippen molar-refractivity contribution in [1.29, 1.82) is 0 Å². The molecule has 4 heteroatoms. The highest BCUT2D eigenvalue weighted by atomic mass is 32.1. The van der Waals surface area contributed by atoms with E-state index in [9.17, 15) is 1.37 Å². The van der Waals surface area contributed by atoms with Gasteiger partial charge < -0.3 is 0 Å². The molecule has 1 aliphatic rings. The van der Waals surface area contributed by atoms with Gasteiger partial charge in [0.25, 0.3) is 0 Å². The van der Waals surface area contributed by atoms with E-state index in [4.69, 9.17) is 11.3 Å². The van der Waals surface area contributed by atoms with Crippen molar-refractivity contribution >= 4 is 75.6 Å². The largest absolute Gasteiger partial charge is 0.299 e. The fraction of sp³-hybridized carbons (Fsp3) is 0.0698. The van der Waals surface area contributed by atoms with Crippen LogP contribution in [0.25, 0.3) is 75.0 Å². The van der Waals surface area contributed by atoms with Crippen LogP contribution < -0.4 is 4.90 Å². The Bertz CT molecular complexity index is 2840. The van der Waals surface area contributed by atoms with Crippen molar-refractivity contribution in [2.45, 2.75) is 19.4 Å². The lowest BCUT2D eigenvalue weighted by Gasteiger charge is -2.46. The maximum Gasteiger partial charge on any atom is 0.231 e. The van der Waals surface area contributed by atoms with Gasteiger partial charge in [-0.2, -0.15) is 0 Å². The number of fused-ring (bicyclic) bond motifs is 13. The Morgan fingerprint density at radius 2 is 1.30 bits per heavy atom. The molecule has 3 nitrogen and oxygen atoms in total. The Morgan fingerprint density at radius 1 is 0.617 bits per heavy atom. The average molecular weight is 622 g/mol. The van der Waals surface area contributed by atoms with E-state index >= 15 is 0 Å². The zero-order valence-corrected chi connectivity index (χ0v) is 26.7. The van der Waals surface area contributed by atoms with Crippen molar-refractivity contribution in [1.82, 2.24) is 9.97 Å². The van der Waals surface area contributed by atoms with Gasteiger partial charge in [0.15, 0.2) is 0 Å². The Kier molecular flexibility index (Phi) is 5.09. The Labute approximate surface area is 279 Å². The Balaban J connectivity index is 1.45. The van der Waals surface area contributed by atoms with Crippen molar-refractivity contribution in [3.63, 3.8) is 0 Å². The van der Waals surface area contributed by atoms with E-state index in [0.29, 0.717) is 18.0 Å². The maximum atomic E-state index is 9.60. The molecule has 0 spiro atoms. The molecule has 0 unspecified atom stereocenters. The number of anilines is 2. The van der Waals surface area contributed by atoms with E-state index in [-0.39, 0.29) is 0 Å². The molecule has 10 rings (SSSR count). The number of rotatable bonds is 2. The molecule has 2 aromatic heterocycles. The molecule has 0 bridgehead atoms. The van der Waals surface area contributed by atoms with Gasteiger partial charge in [-0.05, 0) is 58.7 Å². The molecule has 0 amide bonds. The first-order chi connectivity index (χ1) is 23.9. The number of hydrogen-bond donors (Lipinski definition) is 0. The first kappa shape index (κ1) is 24.6. The fourth-order valence-electron chi connectivity index (χ4n) is 7.71. The van der Waals surface area contributed by atoms with Crippen LogP contribution in [-0.4, -0.2) is 9.97 Å². The zero-order valence-electron chi connectivity index (χ0n) is 27.9. The SMILES string of the molecule is [2H]c1cc2c([2H])cccc2c2c1C(C)(C)N(c1nc(-c3ccccc3)c3ccccc3n1)c1c-2c2ccccc2c2c1sc1ccccc12. The predicted molar refractivity (Wildman–Crippen MR) is 200 cm³/mol. The van der Waals surface area contributed by atoms with Gasteiger partial charge in [-0.15, -0.1) is 11.3 Å². The lowest BCUT2D eigenvalue weighted by molar-refractivity contribution is 0.525. The third-order valence-corrected chi connectivity index (χ3v) is 10.9. The molecular weight excluding hydrogens is 591 g/mol. The smallest absolute Gasteiger partial charge is 0.231 e. The molecule has 9 aromatic rings. The minimum atomic E-state index is -0.742. The van der Waals surface area contributed by atoms with Gasteiger partial charge in [-0.3, -0.25) is 4.90 Å². The van der Waals surface area contributed by atoms with Gasteiger partial charge in [-0.1, -0.05) is 127 Å². The van der Waals surface area contributed by atoms with Crippen molar-refractivity contribution in [2.75, 3.05) is 4.90 Å². The highest BCUT2D eigenvalue weighted by Gasteiger charge is 2.43. The van der Waals surface area contributed by atoms with Crippen molar-refractivity contribution in [3.8, 4) is 22.4 Å². The van der Waals surface area contributed by atoms with Crippen LogP contribution >= 0.6 is 11.3 Å². The average Bonchev–Trinajstić information content (AvgIpc) is 3.52. The van der Waals surface area contributed by atoms with Crippen LogP contribution in [0.3, 0.4) is 0 Å². The van der Waals surface area contributed by atoms with Crippen molar-refractivity contribution in [2.24, 2.45) is 0 Å². The third kappa shape index (κ3) is 3.67. The number of hydrogen-bond acceptors (Lipinski definition) is 4. The van der Waals surface area contributed by atoms with E-state index in [1.165, 1.54) is 20.9 Å². The molecule has 3 heterocycles. The van der Waals surface area contributed by atoms with Gasteiger partial charge in [0.05, 0.1) is 29.9 Å². The van der Waals surface area contributed by atoms with Crippen LogP contribution in [-0.2, 0) is 5.54 Å². The minimum Gasteiger partial charge on any atom is -0.299 e. The number of thiophene rings is 1. The molecule has 0 saturated carbocycles. The third-order valence-electron chi connectivity index (χ3n) is 9.76. The van der Waals surface area contributed by atoms with Crippen molar-refractivity contribution in [3.05, 3.63) is 145 Å². The molecule has 0 saturated heterocycles. The van der Waals surface area contributed by atoms with E-state index in [2.05, 4.69) is 97.6 Å². The molecular formula is C43H29N3S. The summed E-state index contributed by atoms with van der Waals surface area (Å²) in [4.78, 5) is 13.1. The second-order valence-corrected chi connectivity index (χ2v) is 13.8.